The van der Waals surface area contributed by atoms with Gasteiger partial charge in [-0.25, -0.2) is 0 Å². The number of para-hydroxylation sites is 1. The number of carbonyl (C=O) groups excluding carboxylic acids is 2. The molecular formula is C24H28N4O3. The first-order valence-electron chi connectivity index (χ1n) is 10.5. The Kier molecular flexibility index (Phi) is 7.63. The maximum absolute atomic E-state index is 12.4. The number of benzene rings is 2. The molecular weight excluding hydrogens is 392 g/mol. The number of nitriles is 1. The smallest absolute Gasteiger partial charge is 0.265 e. The highest BCUT2D eigenvalue weighted by molar-refractivity contribution is 5.94. The zero-order valence-corrected chi connectivity index (χ0v) is 17.7. The number of primary amides is 1. The molecule has 1 aliphatic heterocycles. The predicted octanol–water partition coefficient (Wildman–Crippen LogP) is 2.70. The number of hydrogen-bond acceptors (Lipinski definition) is 5. The zero-order chi connectivity index (χ0) is 22.2. The third-order valence-corrected chi connectivity index (χ3v) is 5.61. The summed E-state index contributed by atoms with van der Waals surface area (Å²) in [5, 5.41) is 12.0. The van der Waals surface area contributed by atoms with E-state index in [9.17, 15) is 9.59 Å². The molecule has 1 atom stereocenters. The largest absolute Gasteiger partial charge is 0.480 e. The van der Waals surface area contributed by atoms with Crippen LogP contribution in [0, 0.1) is 17.2 Å². The van der Waals surface area contributed by atoms with E-state index < -0.39 is 6.10 Å². The van der Waals surface area contributed by atoms with Gasteiger partial charge >= 0.3 is 0 Å². The molecule has 7 heteroatoms. The van der Waals surface area contributed by atoms with E-state index in [1.54, 1.807) is 31.2 Å². The van der Waals surface area contributed by atoms with Crippen molar-refractivity contribution in [1.29, 1.82) is 5.26 Å². The van der Waals surface area contributed by atoms with Crippen molar-refractivity contribution in [2.45, 2.75) is 32.3 Å². The van der Waals surface area contributed by atoms with Crippen LogP contribution in [0.5, 0.6) is 5.75 Å². The fourth-order valence-electron chi connectivity index (χ4n) is 3.63. The maximum Gasteiger partial charge on any atom is 0.265 e. The molecule has 2 aromatic rings. The minimum atomic E-state index is -0.738. The minimum Gasteiger partial charge on any atom is -0.480 e. The second-order valence-electron chi connectivity index (χ2n) is 7.82. The van der Waals surface area contributed by atoms with Crippen molar-refractivity contribution in [3.05, 3.63) is 59.7 Å². The maximum atomic E-state index is 12.4. The Bertz CT molecular complexity index is 944. The summed E-state index contributed by atoms with van der Waals surface area (Å²) in [6.45, 7) is 4.38. The number of amides is 2. The molecule has 0 bridgehead atoms. The molecule has 162 valence electrons. The molecule has 1 saturated heterocycles. The summed E-state index contributed by atoms with van der Waals surface area (Å²) in [6, 6.07) is 16.7. The van der Waals surface area contributed by atoms with E-state index in [4.69, 9.17) is 15.7 Å². The number of hydrogen-bond donors (Lipinski definition) is 2. The Morgan fingerprint density at radius 2 is 1.87 bits per heavy atom. The average Bonchev–Trinajstić information content (AvgIpc) is 2.79. The number of likely N-dealkylation sites (tertiary alicyclic amines) is 1. The molecule has 2 aromatic carbocycles. The number of carbonyl (C=O) groups is 2. The van der Waals surface area contributed by atoms with Gasteiger partial charge in [-0.2, -0.15) is 5.26 Å². The van der Waals surface area contributed by atoms with E-state index in [1.807, 2.05) is 24.3 Å². The summed E-state index contributed by atoms with van der Waals surface area (Å²) in [5.41, 5.74) is 7.66. The van der Waals surface area contributed by atoms with Crippen LogP contribution in [0.15, 0.2) is 48.5 Å². The molecule has 31 heavy (non-hydrogen) atoms. The van der Waals surface area contributed by atoms with Gasteiger partial charge in [-0.15, -0.1) is 0 Å². The molecule has 1 unspecified atom stereocenters. The van der Waals surface area contributed by atoms with E-state index in [-0.39, 0.29) is 17.7 Å². The predicted molar refractivity (Wildman–Crippen MR) is 118 cm³/mol. The van der Waals surface area contributed by atoms with Gasteiger partial charge in [0.2, 0.25) is 5.91 Å². The quantitative estimate of drug-likeness (QED) is 0.683. The summed E-state index contributed by atoms with van der Waals surface area (Å²) in [7, 11) is 0. The van der Waals surface area contributed by atoms with Gasteiger partial charge < -0.3 is 20.7 Å². The molecule has 0 radical (unpaired) electrons. The molecule has 3 rings (SSSR count). The van der Waals surface area contributed by atoms with Crippen LogP contribution < -0.4 is 15.8 Å². The Balaban J connectivity index is 1.46. The van der Waals surface area contributed by atoms with Gasteiger partial charge in [-0.1, -0.05) is 24.3 Å². The van der Waals surface area contributed by atoms with E-state index in [1.165, 1.54) is 5.56 Å². The molecule has 1 heterocycles. The molecule has 0 aromatic heterocycles. The third kappa shape index (κ3) is 6.30. The summed E-state index contributed by atoms with van der Waals surface area (Å²) >= 11 is 0. The summed E-state index contributed by atoms with van der Waals surface area (Å²) in [6.07, 6.45) is 1.83. The first-order chi connectivity index (χ1) is 15.0. The van der Waals surface area contributed by atoms with Gasteiger partial charge in [-0.3, -0.25) is 9.59 Å². The van der Waals surface area contributed by atoms with Crippen LogP contribution in [-0.4, -0.2) is 42.5 Å². The molecule has 0 spiro atoms. The van der Waals surface area contributed by atoms with Crippen molar-refractivity contribution in [1.82, 2.24) is 4.90 Å². The Morgan fingerprint density at radius 1 is 1.19 bits per heavy atom. The normalized spacial score (nSPS) is 15.6. The van der Waals surface area contributed by atoms with Crippen LogP contribution in [-0.2, 0) is 16.0 Å². The van der Waals surface area contributed by atoms with Gasteiger partial charge in [0.1, 0.15) is 11.8 Å². The van der Waals surface area contributed by atoms with Crippen molar-refractivity contribution in [3.8, 4) is 11.8 Å². The van der Waals surface area contributed by atoms with Crippen molar-refractivity contribution in [2.75, 3.05) is 25.0 Å². The van der Waals surface area contributed by atoms with Crippen molar-refractivity contribution in [3.63, 3.8) is 0 Å². The van der Waals surface area contributed by atoms with Gasteiger partial charge in [0, 0.05) is 18.2 Å². The number of nitrogens with two attached hydrogens (primary N) is 1. The lowest BCUT2D eigenvalue weighted by Gasteiger charge is -2.30. The minimum absolute atomic E-state index is 0.0129. The van der Waals surface area contributed by atoms with Gasteiger partial charge in [0.25, 0.3) is 5.91 Å². The summed E-state index contributed by atoms with van der Waals surface area (Å²) in [5.74, 6) is -0.0640. The van der Waals surface area contributed by atoms with Crippen LogP contribution in [0.25, 0.3) is 0 Å². The fraction of sp³-hybridized carbons (Fsp3) is 0.375. The second kappa shape index (κ2) is 10.6. The topological polar surface area (TPSA) is 108 Å². The monoisotopic (exact) mass is 420 g/mol. The Hall–Kier alpha value is -3.37. The number of nitrogens with zero attached hydrogens (tertiary/aromatic N) is 2. The SMILES string of the molecule is CC(Oc1ccccc1C#N)C(=O)Nc1ccc(CCN2CCC(C(N)=O)CC2)cc1. The van der Waals surface area contributed by atoms with Crippen molar-refractivity contribution < 1.29 is 14.3 Å². The van der Waals surface area contributed by atoms with Crippen LogP contribution in [0.1, 0.15) is 30.9 Å². The van der Waals surface area contributed by atoms with Crippen LogP contribution in [0.3, 0.4) is 0 Å². The molecule has 7 nitrogen and oxygen atoms in total. The average molecular weight is 421 g/mol. The van der Waals surface area contributed by atoms with Gasteiger partial charge in [-0.05, 0) is 69.1 Å². The van der Waals surface area contributed by atoms with E-state index in [0.717, 1.165) is 38.9 Å². The van der Waals surface area contributed by atoms with Crippen LogP contribution >= 0.6 is 0 Å². The Morgan fingerprint density at radius 3 is 2.52 bits per heavy atom. The highest BCUT2D eigenvalue weighted by Gasteiger charge is 2.22. The molecule has 3 N–H and O–H groups in total. The molecule has 2 amide bonds. The number of piperidine rings is 1. The molecule has 1 fully saturated rings. The summed E-state index contributed by atoms with van der Waals surface area (Å²) in [4.78, 5) is 26.1. The second-order valence-corrected chi connectivity index (χ2v) is 7.82. The lowest BCUT2D eigenvalue weighted by Crippen LogP contribution is -2.39. The highest BCUT2D eigenvalue weighted by atomic mass is 16.5. The lowest BCUT2D eigenvalue weighted by atomic mass is 9.96. The highest BCUT2D eigenvalue weighted by Crippen LogP contribution is 2.20. The molecule has 1 aliphatic rings. The summed E-state index contributed by atoms with van der Waals surface area (Å²) < 4.78 is 5.65. The fourth-order valence-corrected chi connectivity index (χ4v) is 3.63. The lowest BCUT2D eigenvalue weighted by molar-refractivity contribution is -0.123. The number of nitrogens with one attached hydrogen (secondary N) is 1. The van der Waals surface area contributed by atoms with Crippen molar-refractivity contribution in [2.24, 2.45) is 11.7 Å². The van der Waals surface area contributed by atoms with Crippen LogP contribution in [0.4, 0.5) is 5.69 Å². The third-order valence-electron chi connectivity index (χ3n) is 5.61. The first kappa shape index (κ1) is 22.3. The first-order valence-corrected chi connectivity index (χ1v) is 10.5. The van der Waals surface area contributed by atoms with E-state index in [0.29, 0.717) is 17.0 Å². The molecule has 0 aliphatic carbocycles. The van der Waals surface area contributed by atoms with Gasteiger partial charge in [0.05, 0.1) is 5.56 Å². The molecule has 0 saturated carbocycles. The Labute approximate surface area is 182 Å². The zero-order valence-electron chi connectivity index (χ0n) is 17.7. The van der Waals surface area contributed by atoms with E-state index >= 15 is 0 Å². The number of rotatable bonds is 8. The standard InChI is InChI=1S/C24H28N4O3/c1-17(31-22-5-3-2-4-20(22)16-25)24(30)27-21-8-6-18(7-9-21)10-13-28-14-11-19(12-15-28)23(26)29/h2-9,17,19H,10-15H2,1H3,(H2,26,29)(H,27,30). The van der Waals surface area contributed by atoms with E-state index in [2.05, 4.69) is 16.3 Å². The number of anilines is 1. The van der Waals surface area contributed by atoms with Crippen LogP contribution in [0.2, 0.25) is 0 Å². The van der Waals surface area contributed by atoms with Crippen molar-refractivity contribution >= 4 is 17.5 Å². The van der Waals surface area contributed by atoms with Gasteiger partial charge in [0.15, 0.2) is 6.10 Å². The number of ether oxygens (including phenoxy) is 1.